The topological polar surface area (TPSA) is 67.4 Å². The highest BCUT2D eigenvalue weighted by Crippen LogP contribution is 2.16. The third-order valence-electron chi connectivity index (χ3n) is 2.23. The molecule has 0 aliphatic carbocycles. The number of benzene rings is 1. The number of methoxy groups -OCH3 is 1. The van der Waals surface area contributed by atoms with Gasteiger partial charge in [0.25, 0.3) is 0 Å². The van der Waals surface area contributed by atoms with Crippen molar-refractivity contribution in [2.75, 3.05) is 7.11 Å². The molecule has 0 aliphatic heterocycles. The van der Waals surface area contributed by atoms with Crippen molar-refractivity contribution >= 4 is 23.5 Å². The molecule has 1 unspecified atom stereocenters. The molecule has 0 spiro atoms. The summed E-state index contributed by atoms with van der Waals surface area (Å²) < 4.78 is 5.14. The number of para-hydroxylation sites is 1. The molecule has 5 nitrogen and oxygen atoms in total. The van der Waals surface area contributed by atoms with Crippen LogP contribution in [0.25, 0.3) is 0 Å². The maximum Gasteiger partial charge on any atom is 0.321 e. The second-order valence-electron chi connectivity index (χ2n) is 3.60. The van der Waals surface area contributed by atoms with E-state index in [1.54, 1.807) is 13.2 Å². The number of nitrogens with one attached hydrogen (secondary N) is 2. The fourth-order valence-electron chi connectivity index (χ4n) is 1.28. The summed E-state index contributed by atoms with van der Waals surface area (Å²) in [5.41, 5.74) is 0.821. The summed E-state index contributed by atoms with van der Waals surface area (Å²) in [5, 5.41) is 3.93. The monoisotopic (exact) mass is 270 g/mol. The molecule has 1 aromatic rings. The van der Waals surface area contributed by atoms with Gasteiger partial charge in [-0.25, -0.2) is 4.79 Å². The van der Waals surface area contributed by atoms with Gasteiger partial charge in [0.05, 0.1) is 7.11 Å². The van der Waals surface area contributed by atoms with E-state index in [0.29, 0.717) is 5.75 Å². The van der Waals surface area contributed by atoms with Gasteiger partial charge in [-0.1, -0.05) is 18.2 Å². The molecule has 6 heteroatoms. The number of amides is 3. The molecule has 98 valence electrons. The standard InChI is InChI=1S/C12H15ClN2O3/c1-8(13)11(16)15-12(17)14-7-9-5-3-4-6-10(9)18-2/h3-6,8H,7H2,1-2H3,(H2,14,15,16,17). The molecule has 0 bridgehead atoms. The first-order chi connectivity index (χ1) is 8.54. The van der Waals surface area contributed by atoms with Crippen LogP contribution < -0.4 is 15.4 Å². The van der Waals surface area contributed by atoms with Crippen molar-refractivity contribution in [3.8, 4) is 5.75 Å². The molecule has 1 aromatic carbocycles. The summed E-state index contributed by atoms with van der Waals surface area (Å²) in [7, 11) is 1.55. The highest BCUT2D eigenvalue weighted by molar-refractivity contribution is 6.31. The Bertz CT molecular complexity index is 435. The minimum Gasteiger partial charge on any atom is -0.496 e. The minimum atomic E-state index is -0.748. The highest BCUT2D eigenvalue weighted by atomic mass is 35.5. The lowest BCUT2D eigenvalue weighted by molar-refractivity contribution is -0.119. The average molecular weight is 271 g/mol. The summed E-state index contributed by atoms with van der Waals surface area (Å²) in [6.45, 7) is 1.75. The first-order valence-electron chi connectivity index (χ1n) is 5.39. The van der Waals surface area contributed by atoms with Gasteiger partial charge in [0.1, 0.15) is 11.1 Å². The molecule has 0 heterocycles. The summed E-state index contributed by atoms with van der Waals surface area (Å²) in [6, 6.07) is 6.70. The molecule has 18 heavy (non-hydrogen) atoms. The zero-order valence-corrected chi connectivity index (χ0v) is 11.0. The molecule has 1 rings (SSSR count). The van der Waals surface area contributed by atoms with E-state index in [1.165, 1.54) is 6.92 Å². The smallest absolute Gasteiger partial charge is 0.321 e. The summed E-state index contributed by atoms with van der Waals surface area (Å²) in [6.07, 6.45) is 0. The molecule has 3 amide bonds. The van der Waals surface area contributed by atoms with Crippen LogP contribution in [0.1, 0.15) is 12.5 Å². The Balaban J connectivity index is 2.50. The van der Waals surface area contributed by atoms with Gasteiger partial charge in [-0.05, 0) is 13.0 Å². The molecular weight excluding hydrogens is 256 g/mol. The number of ether oxygens (including phenoxy) is 1. The summed E-state index contributed by atoms with van der Waals surface area (Å²) >= 11 is 5.53. The minimum absolute atomic E-state index is 0.264. The first kappa shape index (κ1) is 14.3. The van der Waals surface area contributed by atoms with Gasteiger partial charge < -0.3 is 10.1 Å². The van der Waals surface area contributed by atoms with Crippen molar-refractivity contribution in [1.82, 2.24) is 10.6 Å². The van der Waals surface area contributed by atoms with Gasteiger partial charge in [-0.15, -0.1) is 11.6 Å². The van der Waals surface area contributed by atoms with Crippen LogP contribution in [0.4, 0.5) is 4.79 Å². The number of carbonyl (C=O) groups excluding carboxylic acids is 2. The third-order valence-corrected chi connectivity index (χ3v) is 2.43. The molecule has 0 saturated carbocycles. The second kappa shape index (κ2) is 6.86. The van der Waals surface area contributed by atoms with Crippen molar-refractivity contribution in [2.24, 2.45) is 0 Å². The predicted octanol–water partition coefficient (Wildman–Crippen LogP) is 1.65. The van der Waals surface area contributed by atoms with Crippen molar-refractivity contribution in [1.29, 1.82) is 0 Å². The molecule has 1 atom stereocenters. The van der Waals surface area contributed by atoms with E-state index in [9.17, 15) is 9.59 Å². The van der Waals surface area contributed by atoms with Crippen molar-refractivity contribution in [2.45, 2.75) is 18.8 Å². The Kier molecular flexibility index (Phi) is 5.45. The number of alkyl halides is 1. The fraction of sp³-hybridized carbons (Fsp3) is 0.333. The van der Waals surface area contributed by atoms with Crippen LogP contribution in [0.15, 0.2) is 24.3 Å². The largest absolute Gasteiger partial charge is 0.496 e. The quantitative estimate of drug-likeness (QED) is 0.818. The lowest BCUT2D eigenvalue weighted by Crippen LogP contribution is -2.41. The summed E-state index contributed by atoms with van der Waals surface area (Å²) in [4.78, 5) is 22.5. The fourth-order valence-corrected chi connectivity index (χ4v) is 1.33. The van der Waals surface area contributed by atoms with Crippen LogP contribution in [0.3, 0.4) is 0 Å². The normalized spacial score (nSPS) is 11.5. The van der Waals surface area contributed by atoms with E-state index >= 15 is 0 Å². The summed E-state index contributed by atoms with van der Waals surface area (Å²) in [5.74, 6) is 0.143. The van der Waals surface area contributed by atoms with Crippen LogP contribution in [0, 0.1) is 0 Å². The van der Waals surface area contributed by atoms with Crippen LogP contribution >= 0.6 is 11.6 Å². The molecule has 0 aliphatic rings. The molecule has 0 saturated heterocycles. The number of halogens is 1. The number of hydrogen-bond acceptors (Lipinski definition) is 3. The van der Waals surface area contributed by atoms with Crippen LogP contribution in [-0.4, -0.2) is 24.4 Å². The van der Waals surface area contributed by atoms with Crippen molar-refractivity contribution in [3.05, 3.63) is 29.8 Å². The average Bonchev–Trinajstić information content (AvgIpc) is 2.36. The molecular formula is C12H15ClN2O3. The van der Waals surface area contributed by atoms with Crippen LogP contribution in [0.2, 0.25) is 0 Å². The van der Waals surface area contributed by atoms with E-state index in [2.05, 4.69) is 10.6 Å². The third kappa shape index (κ3) is 4.25. The number of rotatable bonds is 4. The van der Waals surface area contributed by atoms with Crippen molar-refractivity contribution < 1.29 is 14.3 Å². The Morgan fingerprint density at radius 3 is 2.67 bits per heavy atom. The Labute approximate surface area is 110 Å². The van der Waals surface area contributed by atoms with E-state index < -0.39 is 17.3 Å². The SMILES string of the molecule is COc1ccccc1CNC(=O)NC(=O)C(C)Cl. The van der Waals surface area contributed by atoms with Gasteiger partial charge in [0.2, 0.25) is 5.91 Å². The maximum absolute atomic E-state index is 11.4. The first-order valence-corrected chi connectivity index (χ1v) is 5.83. The lowest BCUT2D eigenvalue weighted by Gasteiger charge is -2.10. The van der Waals surface area contributed by atoms with Gasteiger partial charge in [-0.2, -0.15) is 0 Å². The molecule has 0 radical (unpaired) electrons. The van der Waals surface area contributed by atoms with Gasteiger partial charge in [0, 0.05) is 12.1 Å². The Morgan fingerprint density at radius 1 is 1.39 bits per heavy atom. The Hall–Kier alpha value is -1.75. The number of imide groups is 1. The van der Waals surface area contributed by atoms with E-state index in [4.69, 9.17) is 16.3 Å². The number of urea groups is 1. The highest BCUT2D eigenvalue weighted by Gasteiger charge is 2.12. The second-order valence-corrected chi connectivity index (χ2v) is 4.25. The van der Waals surface area contributed by atoms with E-state index in [1.807, 2.05) is 18.2 Å². The van der Waals surface area contributed by atoms with E-state index in [-0.39, 0.29) is 6.54 Å². The zero-order chi connectivity index (χ0) is 13.5. The lowest BCUT2D eigenvalue weighted by atomic mass is 10.2. The maximum atomic E-state index is 11.4. The predicted molar refractivity (Wildman–Crippen MR) is 68.7 cm³/mol. The van der Waals surface area contributed by atoms with Gasteiger partial charge in [-0.3, -0.25) is 10.1 Å². The zero-order valence-electron chi connectivity index (χ0n) is 10.2. The van der Waals surface area contributed by atoms with Gasteiger partial charge in [0.15, 0.2) is 0 Å². The van der Waals surface area contributed by atoms with Crippen LogP contribution in [-0.2, 0) is 11.3 Å². The molecule has 2 N–H and O–H groups in total. The van der Waals surface area contributed by atoms with E-state index in [0.717, 1.165) is 5.56 Å². The molecule has 0 fully saturated rings. The number of carbonyl (C=O) groups is 2. The van der Waals surface area contributed by atoms with Crippen molar-refractivity contribution in [3.63, 3.8) is 0 Å². The van der Waals surface area contributed by atoms with Gasteiger partial charge >= 0.3 is 6.03 Å². The van der Waals surface area contributed by atoms with Crippen LogP contribution in [0.5, 0.6) is 5.75 Å². The number of hydrogen-bond donors (Lipinski definition) is 2. The molecule has 0 aromatic heterocycles. The Morgan fingerprint density at radius 2 is 2.06 bits per heavy atom.